The minimum Gasteiger partial charge on any atom is -0.451 e. The van der Waals surface area contributed by atoms with Gasteiger partial charge >= 0.3 is 0 Å². The number of carbonyl (C=O) groups excluding carboxylic acids is 1. The summed E-state index contributed by atoms with van der Waals surface area (Å²) in [5, 5.41) is 14.4. The SMILES string of the molecule is Cc1cc(C)c2c(C)c(C(=O)Nc3ccc([N+](=O)[O-])cc3Br)oc2c1. The first-order valence-electron chi connectivity index (χ1n) is 7.53. The first kappa shape index (κ1) is 17.2. The molecule has 0 aliphatic carbocycles. The van der Waals surface area contributed by atoms with Crippen molar-refractivity contribution in [2.24, 2.45) is 0 Å². The fourth-order valence-corrected chi connectivity index (χ4v) is 3.37. The molecule has 1 aromatic heterocycles. The van der Waals surface area contributed by atoms with Crippen LogP contribution in [0, 0.1) is 30.9 Å². The number of carbonyl (C=O) groups is 1. The zero-order valence-corrected chi connectivity index (χ0v) is 15.4. The van der Waals surface area contributed by atoms with Crippen LogP contribution in [-0.4, -0.2) is 10.8 Å². The van der Waals surface area contributed by atoms with E-state index >= 15 is 0 Å². The van der Waals surface area contributed by atoms with Crippen molar-refractivity contribution >= 4 is 44.2 Å². The van der Waals surface area contributed by atoms with Crippen LogP contribution in [0.3, 0.4) is 0 Å². The molecule has 3 aromatic rings. The zero-order valence-electron chi connectivity index (χ0n) is 13.8. The molecule has 2 aromatic carbocycles. The molecule has 0 bridgehead atoms. The van der Waals surface area contributed by atoms with Crippen LogP contribution in [0.4, 0.5) is 11.4 Å². The molecule has 1 heterocycles. The lowest BCUT2D eigenvalue weighted by atomic mass is 10.0. The Morgan fingerprint density at radius 2 is 1.92 bits per heavy atom. The van der Waals surface area contributed by atoms with E-state index in [2.05, 4.69) is 21.2 Å². The number of halogens is 1. The Morgan fingerprint density at radius 3 is 2.56 bits per heavy atom. The number of rotatable bonds is 3. The van der Waals surface area contributed by atoms with E-state index in [4.69, 9.17) is 4.42 Å². The summed E-state index contributed by atoms with van der Waals surface area (Å²) in [6, 6.07) is 8.09. The Morgan fingerprint density at radius 1 is 1.20 bits per heavy atom. The number of hydrogen-bond acceptors (Lipinski definition) is 4. The third kappa shape index (κ3) is 3.15. The highest BCUT2D eigenvalue weighted by atomic mass is 79.9. The molecule has 0 fully saturated rings. The Bertz CT molecular complexity index is 1020. The van der Waals surface area contributed by atoms with Gasteiger partial charge in [-0.2, -0.15) is 0 Å². The average Bonchev–Trinajstić information content (AvgIpc) is 2.86. The van der Waals surface area contributed by atoms with Crippen molar-refractivity contribution < 1.29 is 14.1 Å². The predicted molar refractivity (Wildman–Crippen MR) is 99.2 cm³/mol. The molecule has 0 radical (unpaired) electrons. The number of aryl methyl sites for hydroxylation is 3. The summed E-state index contributed by atoms with van der Waals surface area (Å²) < 4.78 is 6.19. The Balaban J connectivity index is 1.97. The fourth-order valence-electron chi connectivity index (χ4n) is 2.90. The molecule has 1 N–H and O–H groups in total. The van der Waals surface area contributed by atoms with E-state index in [1.165, 1.54) is 18.2 Å². The minimum atomic E-state index is -0.495. The number of fused-ring (bicyclic) bond motifs is 1. The average molecular weight is 403 g/mol. The lowest BCUT2D eigenvalue weighted by Crippen LogP contribution is -2.12. The topological polar surface area (TPSA) is 85.4 Å². The van der Waals surface area contributed by atoms with Gasteiger partial charge in [-0.15, -0.1) is 0 Å². The van der Waals surface area contributed by atoms with Crippen molar-refractivity contribution in [3.63, 3.8) is 0 Å². The summed E-state index contributed by atoms with van der Waals surface area (Å²) in [6.07, 6.45) is 0. The molecule has 7 heteroatoms. The Hall–Kier alpha value is -2.67. The maximum atomic E-state index is 12.6. The minimum absolute atomic E-state index is 0.0594. The summed E-state index contributed by atoms with van der Waals surface area (Å²) in [7, 11) is 0. The van der Waals surface area contributed by atoms with Gasteiger partial charge in [0.2, 0.25) is 0 Å². The molecule has 0 spiro atoms. The Kier molecular flexibility index (Phi) is 4.34. The van der Waals surface area contributed by atoms with Gasteiger partial charge in [0.25, 0.3) is 11.6 Å². The van der Waals surface area contributed by atoms with Gasteiger partial charge in [-0.3, -0.25) is 14.9 Å². The smallest absolute Gasteiger partial charge is 0.291 e. The van der Waals surface area contributed by atoms with Gasteiger partial charge in [-0.25, -0.2) is 0 Å². The number of furan rings is 1. The van der Waals surface area contributed by atoms with Crippen LogP contribution in [0.2, 0.25) is 0 Å². The lowest BCUT2D eigenvalue weighted by molar-refractivity contribution is -0.384. The van der Waals surface area contributed by atoms with Crippen molar-refractivity contribution in [1.29, 1.82) is 0 Å². The normalized spacial score (nSPS) is 10.9. The van der Waals surface area contributed by atoms with Gasteiger partial charge in [0.1, 0.15) is 5.58 Å². The Labute approximate surface area is 152 Å². The maximum absolute atomic E-state index is 12.6. The van der Waals surface area contributed by atoms with Crippen molar-refractivity contribution in [3.8, 4) is 0 Å². The van der Waals surface area contributed by atoms with Crippen LogP contribution in [0.1, 0.15) is 27.2 Å². The standard InChI is InChI=1S/C18H15BrN2O4/c1-9-6-10(2)16-11(3)17(25-15(16)7-9)18(22)20-14-5-4-12(21(23)24)8-13(14)19/h4-8H,1-3H3,(H,20,22). The summed E-state index contributed by atoms with van der Waals surface area (Å²) in [4.78, 5) is 22.9. The molecule has 6 nitrogen and oxygen atoms in total. The molecule has 0 saturated heterocycles. The number of non-ortho nitro benzene ring substituents is 1. The van der Waals surface area contributed by atoms with Gasteiger partial charge in [-0.1, -0.05) is 6.07 Å². The van der Waals surface area contributed by atoms with Gasteiger partial charge in [-0.05, 0) is 60.0 Å². The number of amides is 1. The van der Waals surface area contributed by atoms with Gasteiger partial charge in [0.05, 0.1) is 10.6 Å². The molecular formula is C18H15BrN2O4. The largest absolute Gasteiger partial charge is 0.451 e. The second kappa shape index (κ2) is 6.33. The van der Waals surface area contributed by atoms with Gasteiger partial charge < -0.3 is 9.73 Å². The van der Waals surface area contributed by atoms with Crippen molar-refractivity contribution in [1.82, 2.24) is 0 Å². The quantitative estimate of drug-likeness (QED) is 0.476. The van der Waals surface area contributed by atoms with Crippen LogP contribution in [0.15, 0.2) is 39.2 Å². The molecule has 0 unspecified atom stereocenters. The second-order valence-corrected chi connectivity index (χ2v) is 6.74. The van der Waals surface area contributed by atoms with Crippen LogP contribution in [0.25, 0.3) is 11.0 Å². The van der Waals surface area contributed by atoms with E-state index in [1.807, 2.05) is 32.9 Å². The first-order valence-corrected chi connectivity index (χ1v) is 8.33. The molecular weight excluding hydrogens is 388 g/mol. The number of nitro benzene ring substituents is 1. The van der Waals surface area contributed by atoms with Gasteiger partial charge in [0.15, 0.2) is 5.76 Å². The van der Waals surface area contributed by atoms with Crippen LogP contribution < -0.4 is 5.32 Å². The maximum Gasteiger partial charge on any atom is 0.291 e. The van der Waals surface area contributed by atoms with E-state index in [1.54, 1.807) is 0 Å². The fraction of sp³-hybridized carbons (Fsp3) is 0.167. The molecule has 1 amide bonds. The molecule has 128 valence electrons. The third-order valence-electron chi connectivity index (χ3n) is 3.99. The molecule has 3 rings (SSSR count). The van der Waals surface area contributed by atoms with Crippen molar-refractivity contribution in [2.45, 2.75) is 20.8 Å². The van der Waals surface area contributed by atoms with E-state index in [0.29, 0.717) is 15.7 Å². The summed E-state index contributed by atoms with van der Waals surface area (Å²) >= 11 is 3.24. The molecule has 0 saturated carbocycles. The summed E-state index contributed by atoms with van der Waals surface area (Å²) in [6.45, 7) is 5.79. The third-order valence-corrected chi connectivity index (χ3v) is 4.65. The first-order chi connectivity index (χ1) is 11.8. The number of nitrogens with one attached hydrogen (secondary N) is 1. The molecule has 25 heavy (non-hydrogen) atoms. The van der Waals surface area contributed by atoms with Crippen molar-refractivity contribution in [2.75, 3.05) is 5.32 Å². The number of benzene rings is 2. The monoisotopic (exact) mass is 402 g/mol. The highest BCUT2D eigenvalue weighted by molar-refractivity contribution is 9.10. The van der Waals surface area contributed by atoms with E-state index in [0.717, 1.165) is 22.1 Å². The predicted octanol–water partition coefficient (Wildman–Crippen LogP) is 5.28. The molecule has 0 aliphatic heterocycles. The highest BCUT2D eigenvalue weighted by Gasteiger charge is 2.20. The number of hydrogen-bond donors (Lipinski definition) is 1. The van der Waals surface area contributed by atoms with E-state index < -0.39 is 10.8 Å². The van der Waals surface area contributed by atoms with E-state index in [9.17, 15) is 14.9 Å². The summed E-state index contributed by atoms with van der Waals surface area (Å²) in [5.41, 5.74) is 3.92. The second-order valence-electron chi connectivity index (χ2n) is 5.89. The van der Waals surface area contributed by atoms with Crippen molar-refractivity contribution in [3.05, 3.63) is 67.4 Å². The number of nitro groups is 1. The van der Waals surface area contributed by atoms with E-state index in [-0.39, 0.29) is 11.4 Å². The van der Waals surface area contributed by atoms with Crippen LogP contribution in [0.5, 0.6) is 0 Å². The zero-order chi connectivity index (χ0) is 18.3. The van der Waals surface area contributed by atoms with Crippen LogP contribution in [-0.2, 0) is 0 Å². The molecule has 0 atom stereocenters. The highest BCUT2D eigenvalue weighted by Crippen LogP contribution is 2.31. The number of anilines is 1. The number of nitrogens with zero attached hydrogens (tertiary/aromatic N) is 1. The lowest BCUT2D eigenvalue weighted by Gasteiger charge is -2.06. The summed E-state index contributed by atoms with van der Waals surface area (Å²) in [5.74, 6) is -0.172. The molecule has 0 aliphatic rings. The van der Waals surface area contributed by atoms with Gasteiger partial charge in [0, 0.05) is 27.6 Å². The van der Waals surface area contributed by atoms with Crippen LogP contribution >= 0.6 is 15.9 Å².